The van der Waals surface area contributed by atoms with Crippen molar-refractivity contribution in [1.29, 1.82) is 0 Å². The Bertz CT molecular complexity index is 1240. The lowest BCUT2D eigenvalue weighted by atomic mass is 10.0. The molecule has 37 heavy (non-hydrogen) atoms. The van der Waals surface area contributed by atoms with E-state index in [1.165, 1.54) is 0 Å². The van der Waals surface area contributed by atoms with Gasteiger partial charge in [0.05, 0.1) is 5.69 Å². The number of carbonyl (C=O) groups is 3. The van der Waals surface area contributed by atoms with Crippen LogP contribution in [0, 0.1) is 0 Å². The van der Waals surface area contributed by atoms with E-state index in [2.05, 4.69) is 10.2 Å². The maximum absolute atomic E-state index is 12.7. The Morgan fingerprint density at radius 2 is 1.68 bits per heavy atom. The summed E-state index contributed by atoms with van der Waals surface area (Å²) in [6.45, 7) is 2.10. The van der Waals surface area contributed by atoms with Crippen LogP contribution >= 0.6 is 0 Å². The van der Waals surface area contributed by atoms with Crippen molar-refractivity contribution < 1.29 is 19.1 Å². The van der Waals surface area contributed by atoms with Gasteiger partial charge < -0.3 is 20.3 Å². The third kappa shape index (κ3) is 6.95. The van der Waals surface area contributed by atoms with E-state index in [9.17, 15) is 14.4 Å². The summed E-state index contributed by atoms with van der Waals surface area (Å²) in [6, 6.07) is 24.3. The minimum Gasteiger partial charge on any atom is -0.446 e. The summed E-state index contributed by atoms with van der Waals surface area (Å²) < 4.78 is 5.70. The van der Waals surface area contributed by atoms with Gasteiger partial charge in [0.1, 0.15) is 6.10 Å². The van der Waals surface area contributed by atoms with Crippen LogP contribution in [0.1, 0.15) is 29.6 Å². The second kappa shape index (κ2) is 12.2. The zero-order chi connectivity index (χ0) is 26.2. The highest BCUT2D eigenvalue weighted by molar-refractivity contribution is 5.97. The smallest absolute Gasteiger partial charge is 0.411 e. The number of benzene rings is 3. The van der Waals surface area contributed by atoms with Crippen molar-refractivity contribution in [2.45, 2.75) is 25.4 Å². The fourth-order valence-corrected chi connectivity index (χ4v) is 4.44. The predicted octanol–water partition coefficient (Wildman–Crippen LogP) is 4.52. The van der Waals surface area contributed by atoms with Gasteiger partial charge in [0.15, 0.2) is 0 Å². The number of likely N-dealkylation sites (tertiary alicyclic amines) is 1. The molecule has 0 aliphatic carbocycles. The topological polar surface area (TPSA) is 105 Å². The molecule has 0 saturated carbocycles. The number of para-hydroxylation sites is 1. The van der Waals surface area contributed by atoms with Gasteiger partial charge in [0.2, 0.25) is 11.8 Å². The Labute approximate surface area is 217 Å². The minimum absolute atomic E-state index is 0.0450. The monoisotopic (exact) mass is 500 g/mol. The Kier molecular flexibility index (Phi) is 8.53. The lowest BCUT2D eigenvalue weighted by Gasteiger charge is -2.31. The highest BCUT2D eigenvalue weighted by atomic mass is 16.6. The average molecular weight is 501 g/mol. The number of hydrogen-bond donors (Lipinski definition) is 2. The Morgan fingerprint density at radius 3 is 2.41 bits per heavy atom. The number of nitrogens with zero attached hydrogens (tertiary/aromatic N) is 2. The molecule has 192 valence electrons. The second-order valence-corrected chi connectivity index (χ2v) is 9.10. The number of anilines is 2. The van der Waals surface area contributed by atoms with Crippen LogP contribution in [0.15, 0.2) is 78.9 Å². The van der Waals surface area contributed by atoms with Crippen LogP contribution in [0.25, 0.3) is 11.1 Å². The number of primary amides is 1. The molecule has 0 aromatic heterocycles. The van der Waals surface area contributed by atoms with E-state index in [4.69, 9.17) is 10.5 Å². The van der Waals surface area contributed by atoms with Gasteiger partial charge >= 0.3 is 6.09 Å². The van der Waals surface area contributed by atoms with Gasteiger partial charge in [0.25, 0.3) is 0 Å². The predicted molar refractivity (Wildman–Crippen MR) is 144 cm³/mol. The van der Waals surface area contributed by atoms with Crippen LogP contribution in [-0.4, -0.2) is 55.6 Å². The highest BCUT2D eigenvalue weighted by Crippen LogP contribution is 2.28. The van der Waals surface area contributed by atoms with Gasteiger partial charge in [0, 0.05) is 49.9 Å². The fraction of sp³-hybridized carbons (Fsp3) is 0.276. The molecule has 1 saturated heterocycles. The molecule has 0 radical (unpaired) electrons. The van der Waals surface area contributed by atoms with Gasteiger partial charge in [-0.2, -0.15) is 0 Å². The maximum Gasteiger partial charge on any atom is 0.411 e. The zero-order valence-electron chi connectivity index (χ0n) is 20.9. The van der Waals surface area contributed by atoms with E-state index < -0.39 is 12.0 Å². The Balaban J connectivity index is 1.22. The molecule has 8 heteroatoms. The maximum atomic E-state index is 12.7. The molecular weight excluding hydrogens is 468 g/mol. The molecule has 3 N–H and O–H groups in total. The number of carbonyl (C=O) groups excluding carboxylic acids is 3. The van der Waals surface area contributed by atoms with Crippen molar-refractivity contribution in [3.05, 3.63) is 84.4 Å². The number of nitrogens with two attached hydrogens (primary N) is 1. The number of ether oxygens (including phenoxy) is 1. The molecular formula is C29H32N4O4. The van der Waals surface area contributed by atoms with Crippen LogP contribution < -0.4 is 16.0 Å². The molecule has 0 atom stereocenters. The number of amides is 3. The number of nitrogens with one attached hydrogen (secondary N) is 1. The lowest BCUT2D eigenvalue weighted by molar-refractivity contribution is -0.118. The molecule has 3 aromatic rings. The molecule has 1 fully saturated rings. The zero-order valence-corrected chi connectivity index (χ0v) is 20.9. The van der Waals surface area contributed by atoms with Crippen LogP contribution in [0.5, 0.6) is 0 Å². The van der Waals surface area contributed by atoms with E-state index in [1.807, 2.05) is 54.6 Å². The molecule has 0 spiro atoms. The van der Waals surface area contributed by atoms with E-state index in [1.54, 1.807) is 36.2 Å². The number of hydrogen-bond acceptors (Lipinski definition) is 5. The standard InChI is InChI=1S/C29H32N4O4/c1-32(23-11-7-10-22(20-23)28(30)35)27(34)16-19-33-17-14-24(15-18-33)37-29(36)31-26-13-6-5-12-25(26)21-8-3-2-4-9-21/h2-13,20,24H,14-19H2,1H3,(H2,30,35)(H,31,36). The van der Waals surface area contributed by atoms with Crippen molar-refractivity contribution in [2.75, 3.05) is 36.9 Å². The van der Waals surface area contributed by atoms with E-state index >= 15 is 0 Å². The lowest BCUT2D eigenvalue weighted by Crippen LogP contribution is -2.40. The molecule has 8 nitrogen and oxygen atoms in total. The molecule has 4 rings (SSSR count). The van der Waals surface area contributed by atoms with Gasteiger partial charge in [-0.1, -0.05) is 54.6 Å². The van der Waals surface area contributed by atoms with Gasteiger partial charge in [-0.15, -0.1) is 0 Å². The average Bonchev–Trinajstić information content (AvgIpc) is 2.93. The quantitative estimate of drug-likeness (QED) is 0.473. The first-order valence-corrected chi connectivity index (χ1v) is 12.4. The molecule has 0 bridgehead atoms. The normalized spacial score (nSPS) is 14.1. The minimum atomic E-state index is -0.526. The van der Waals surface area contributed by atoms with Gasteiger partial charge in [-0.05, 0) is 42.7 Å². The number of rotatable bonds is 8. The molecule has 1 aliphatic rings. The molecule has 0 unspecified atom stereocenters. The Morgan fingerprint density at radius 1 is 0.973 bits per heavy atom. The van der Waals surface area contributed by atoms with Crippen LogP contribution in [-0.2, 0) is 9.53 Å². The van der Waals surface area contributed by atoms with Crippen molar-refractivity contribution in [3.63, 3.8) is 0 Å². The van der Waals surface area contributed by atoms with Crippen molar-refractivity contribution >= 4 is 29.3 Å². The number of piperidine rings is 1. The van der Waals surface area contributed by atoms with Crippen molar-refractivity contribution in [1.82, 2.24) is 4.90 Å². The molecule has 1 heterocycles. The molecule has 1 aliphatic heterocycles. The van der Waals surface area contributed by atoms with E-state index in [0.29, 0.717) is 42.7 Å². The summed E-state index contributed by atoms with van der Waals surface area (Å²) in [5.41, 5.74) is 9.01. The van der Waals surface area contributed by atoms with Gasteiger partial charge in [-0.25, -0.2) is 4.79 Å². The van der Waals surface area contributed by atoms with Crippen molar-refractivity contribution in [3.8, 4) is 11.1 Å². The highest BCUT2D eigenvalue weighted by Gasteiger charge is 2.23. The second-order valence-electron chi connectivity index (χ2n) is 9.10. The fourth-order valence-electron chi connectivity index (χ4n) is 4.44. The van der Waals surface area contributed by atoms with Crippen LogP contribution in [0.3, 0.4) is 0 Å². The summed E-state index contributed by atoms with van der Waals surface area (Å²) in [5.74, 6) is -0.571. The summed E-state index contributed by atoms with van der Waals surface area (Å²) in [6.07, 6.45) is 1.13. The summed E-state index contributed by atoms with van der Waals surface area (Å²) in [7, 11) is 1.69. The van der Waals surface area contributed by atoms with E-state index in [-0.39, 0.29) is 12.0 Å². The summed E-state index contributed by atoms with van der Waals surface area (Å²) in [5, 5.41) is 2.89. The third-order valence-corrected chi connectivity index (χ3v) is 6.59. The van der Waals surface area contributed by atoms with Gasteiger partial charge in [-0.3, -0.25) is 14.9 Å². The summed E-state index contributed by atoms with van der Waals surface area (Å²) in [4.78, 5) is 40.5. The molecule has 3 aromatic carbocycles. The largest absolute Gasteiger partial charge is 0.446 e. The van der Waals surface area contributed by atoms with E-state index in [0.717, 1.165) is 24.2 Å². The molecule has 3 amide bonds. The van der Waals surface area contributed by atoms with Crippen LogP contribution in [0.2, 0.25) is 0 Å². The Hall–Kier alpha value is -4.17. The first kappa shape index (κ1) is 25.9. The summed E-state index contributed by atoms with van der Waals surface area (Å²) >= 11 is 0. The first-order chi connectivity index (χ1) is 17.9. The SMILES string of the molecule is CN(C(=O)CCN1CCC(OC(=O)Nc2ccccc2-c2ccccc2)CC1)c1cccc(C(N)=O)c1. The van der Waals surface area contributed by atoms with Crippen molar-refractivity contribution in [2.24, 2.45) is 5.73 Å². The van der Waals surface area contributed by atoms with Crippen LogP contribution in [0.4, 0.5) is 16.2 Å². The third-order valence-electron chi connectivity index (χ3n) is 6.59. The first-order valence-electron chi connectivity index (χ1n) is 12.4.